The number of hydrogen-bond acceptors (Lipinski definition) is 3. The van der Waals surface area contributed by atoms with Crippen molar-refractivity contribution in [3.63, 3.8) is 0 Å². The third-order valence-electron chi connectivity index (χ3n) is 4.03. The minimum Gasteiger partial charge on any atom is -0.300 e. The maximum atomic E-state index is 11.7. The molecule has 2 rings (SSSR count). The number of carbonyl (C=O) groups excluding carboxylic acids is 1. The normalized spacial score (nSPS) is 17.6. The van der Waals surface area contributed by atoms with Crippen LogP contribution in [-0.4, -0.2) is 48.3 Å². The zero-order valence-corrected chi connectivity index (χ0v) is 12.7. The molecule has 1 aliphatic rings. The summed E-state index contributed by atoms with van der Waals surface area (Å²) in [5.74, 6) is 0.561. The summed E-state index contributed by atoms with van der Waals surface area (Å²) >= 11 is 0. The third kappa shape index (κ3) is 4.73. The number of nitrogens with zero attached hydrogens (tertiary/aromatic N) is 2. The molecule has 3 heteroatoms. The Bertz CT molecular complexity index is 408. The first kappa shape index (κ1) is 15.2. The van der Waals surface area contributed by atoms with Gasteiger partial charge in [-0.3, -0.25) is 9.69 Å². The number of carbonyl (C=O) groups is 1. The maximum absolute atomic E-state index is 11.7. The second-order valence-corrected chi connectivity index (χ2v) is 5.97. The molecule has 1 fully saturated rings. The molecule has 0 amide bonds. The highest BCUT2D eigenvalue weighted by Crippen LogP contribution is 2.09. The van der Waals surface area contributed by atoms with Gasteiger partial charge in [0.05, 0.1) is 0 Å². The van der Waals surface area contributed by atoms with Gasteiger partial charge in [0.1, 0.15) is 5.78 Å². The van der Waals surface area contributed by atoms with Crippen LogP contribution in [0.4, 0.5) is 0 Å². The number of hydrogen-bond donors (Lipinski definition) is 0. The van der Waals surface area contributed by atoms with Gasteiger partial charge in [-0.1, -0.05) is 44.2 Å². The Hall–Kier alpha value is -1.19. The summed E-state index contributed by atoms with van der Waals surface area (Å²) < 4.78 is 0. The van der Waals surface area contributed by atoms with Gasteiger partial charge in [-0.2, -0.15) is 0 Å². The first-order chi connectivity index (χ1) is 9.65. The van der Waals surface area contributed by atoms with Crippen LogP contribution in [0.5, 0.6) is 0 Å². The number of Topliss-reactive ketones (excluding diaryl/α,β-unsaturated/α-hetero) is 1. The summed E-state index contributed by atoms with van der Waals surface area (Å²) in [6.07, 6.45) is 0.705. The Morgan fingerprint density at radius 3 is 2.25 bits per heavy atom. The molecule has 110 valence electrons. The Morgan fingerprint density at radius 2 is 1.65 bits per heavy atom. The van der Waals surface area contributed by atoms with E-state index in [1.807, 2.05) is 13.8 Å². The first-order valence-corrected chi connectivity index (χ1v) is 7.66. The Morgan fingerprint density at radius 1 is 1.05 bits per heavy atom. The average molecular weight is 274 g/mol. The van der Waals surface area contributed by atoms with Gasteiger partial charge in [0, 0.05) is 51.6 Å². The molecule has 0 radical (unpaired) electrons. The molecule has 0 aliphatic carbocycles. The monoisotopic (exact) mass is 274 g/mol. The van der Waals surface area contributed by atoms with Crippen LogP contribution in [0.1, 0.15) is 25.8 Å². The van der Waals surface area contributed by atoms with Crippen LogP contribution >= 0.6 is 0 Å². The molecule has 1 saturated heterocycles. The predicted octanol–water partition coefficient (Wildman–Crippen LogP) is 2.42. The largest absolute Gasteiger partial charge is 0.300 e. The lowest BCUT2D eigenvalue weighted by molar-refractivity contribution is -0.122. The smallest absolute Gasteiger partial charge is 0.136 e. The van der Waals surface area contributed by atoms with Crippen LogP contribution < -0.4 is 0 Å². The van der Waals surface area contributed by atoms with E-state index in [4.69, 9.17) is 0 Å². The SMILES string of the molecule is CC(C)C(=O)CCN1CCN(Cc2ccccc2)CC1. The van der Waals surface area contributed by atoms with E-state index in [1.54, 1.807) is 0 Å². The van der Waals surface area contributed by atoms with Gasteiger partial charge in [-0.15, -0.1) is 0 Å². The van der Waals surface area contributed by atoms with Crippen molar-refractivity contribution in [1.82, 2.24) is 9.80 Å². The van der Waals surface area contributed by atoms with Crippen LogP contribution in [0.15, 0.2) is 30.3 Å². The molecule has 0 N–H and O–H groups in total. The molecule has 0 atom stereocenters. The Labute approximate surface area is 122 Å². The Balaban J connectivity index is 1.69. The van der Waals surface area contributed by atoms with Crippen molar-refractivity contribution >= 4 is 5.78 Å². The van der Waals surface area contributed by atoms with Gasteiger partial charge < -0.3 is 4.90 Å². The van der Waals surface area contributed by atoms with Crippen LogP contribution in [0.25, 0.3) is 0 Å². The average Bonchev–Trinajstić information content (AvgIpc) is 2.47. The molecule has 3 nitrogen and oxygen atoms in total. The fourth-order valence-corrected chi connectivity index (χ4v) is 2.57. The van der Waals surface area contributed by atoms with Gasteiger partial charge in [0.25, 0.3) is 0 Å². The number of benzene rings is 1. The van der Waals surface area contributed by atoms with Gasteiger partial charge >= 0.3 is 0 Å². The van der Waals surface area contributed by atoms with Crippen molar-refractivity contribution in [1.29, 1.82) is 0 Å². The fourth-order valence-electron chi connectivity index (χ4n) is 2.57. The van der Waals surface area contributed by atoms with Crippen molar-refractivity contribution in [2.45, 2.75) is 26.8 Å². The summed E-state index contributed by atoms with van der Waals surface area (Å²) in [5, 5.41) is 0. The number of ketones is 1. The molecule has 1 aromatic carbocycles. The lowest BCUT2D eigenvalue weighted by Gasteiger charge is -2.34. The molecule has 1 aromatic rings. The van der Waals surface area contributed by atoms with Crippen molar-refractivity contribution in [2.24, 2.45) is 5.92 Å². The first-order valence-electron chi connectivity index (χ1n) is 7.66. The van der Waals surface area contributed by atoms with E-state index in [0.29, 0.717) is 12.2 Å². The predicted molar refractivity (Wildman–Crippen MR) is 82.6 cm³/mol. The van der Waals surface area contributed by atoms with E-state index in [1.165, 1.54) is 5.56 Å². The van der Waals surface area contributed by atoms with Crippen LogP contribution in [0.3, 0.4) is 0 Å². The molecule has 1 aliphatic heterocycles. The highest BCUT2D eigenvalue weighted by atomic mass is 16.1. The standard InChI is InChI=1S/C17H26N2O/c1-15(2)17(20)8-9-18-10-12-19(13-11-18)14-16-6-4-3-5-7-16/h3-7,15H,8-14H2,1-2H3. The molecular formula is C17H26N2O. The summed E-state index contributed by atoms with van der Waals surface area (Å²) in [4.78, 5) is 16.6. The molecule has 0 spiro atoms. The second-order valence-electron chi connectivity index (χ2n) is 5.97. The molecule has 20 heavy (non-hydrogen) atoms. The van der Waals surface area contributed by atoms with E-state index < -0.39 is 0 Å². The van der Waals surface area contributed by atoms with Gasteiger partial charge in [-0.25, -0.2) is 0 Å². The van der Waals surface area contributed by atoms with E-state index in [2.05, 4.69) is 40.1 Å². The fraction of sp³-hybridized carbons (Fsp3) is 0.588. The highest BCUT2D eigenvalue weighted by molar-refractivity contribution is 5.80. The summed E-state index contributed by atoms with van der Waals surface area (Å²) in [6, 6.07) is 10.6. The molecule has 0 unspecified atom stereocenters. The van der Waals surface area contributed by atoms with Crippen molar-refractivity contribution < 1.29 is 4.79 Å². The summed E-state index contributed by atoms with van der Waals surface area (Å²) in [7, 11) is 0. The topological polar surface area (TPSA) is 23.6 Å². The summed E-state index contributed by atoms with van der Waals surface area (Å²) in [6.45, 7) is 10.3. The second kappa shape index (κ2) is 7.55. The minimum atomic E-state index is 0.175. The summed E-state index contributed by atoms with van der Waals surface area (Å²) in [5.41, 5.74) is 1.39. The van der Waals surface area contributed by atoms with Gasteiger partial charge in [-0.05, 0) is 5.56 Å². The quantitative estimate of drug-likeness (QED) is 0.796. The molecule has 0 bridgehead atoms. The van der Waals surface area contributed by atoms with Gasteiger partial charge in [0.2, 0.25) is 0 Å². The molecular weight excluding hydrogens is 248 g/mol. The molecule has 1 heterocycles. The zero-order chi connectivity index (χ0) is 14.4. The molecule has 0 aromatic heterocycles. The Kier molecular flexibility index (Phi) is 5.74. The molecule has 0 saturated carbocycles. The van der Waals surface area contributed by atoms with E-state index in [9.17, 15) is 4.79 Å². The van der Waals surface area contributed by atoms with E-state index in [-0.39, 0.29) is 5.92 Å². The van der Waals surface area contributed by atoms with Crippen LogP contribution in [0, 0.1) is 5.92 Å². The van der Waals surface area contributed by atoms with Crippen molar-refractivity contribution in [3.05, 3.63) is 35.9 Å². The van der Waals surface area contributed by atoms with Crippen LogP contribution in [-0.2, 0) is 11.3 Å². The van der Waals surface area contributed by atoms with Gasteiger partial charge in [0.15, 0.2) is 0 Å². The zero-order valence-electron chi connectivity index (χ0n) is 12.7. The van der Waals surface area contributed by atoms with E-state index in [0.717, 1.165) is 39.3 Å². The maximum Gasteiger partial charge on any atom is 0.136 e. The third-order valence-corrected chi connectivity index (χ3v) is 4.03. The van der Waals surface area contributed by atoms with Crippen LogP contribution in [0.2, 0.25) is 0 Å². The number of piperazine rings is 1. The minimum absolute atomic E-state index is 0.175. The van der Waals surface area contributed by atoms with Crippen molar-refractivity contribution in [2.75, 3.05) is 32.7 Å². The number of rotatable bonds is 6. The van der Waals surface area contributed by atoms with Crippen molar-refractivity contribution in [3.8, 4) is 0 Å². The highest BCUT2D eigenvalue weighted by Gasteiger charge is 2.18. The lowest BCUT2D eigenvalue weighted by atomic mass is 10.1. The lowest BCUT2D eigenvalue weighted by Crippen LogP contribution is -2.46. The van der Waals surface area contributed by atoms with E-state index >= 15 is 0 Å².